The van der Waals surface area contributed by atoms with Crippen molar-refractivity contribution < 1.29 is 8.78 Å². The second-order valence-corrected chi connectivity index (χ2v) is 4.16. The van der Waals surface area contributed by atoms with Crippen molar-refractivity contribution in [2.24, 2.45) is 5.73 Å². The number of nitrogens with two attached hydrogens (primary N) is 1. The molecule has 3 heteroatoms. The summed E-state index contributed by atoms with van der Waals surface area (Å²) in [6.45, 7) is -0.0393. The Balaban J connectivity index is 2.25. The summed E-state index contributed by atoms with van der Waals surface area (Å²) in [5.41, 5.74) is 8.06. The quantitative estimate of drug-likeness (QED) is 0.876. The SMILES string of the molecule is NCC(c1ccc(-c2ccccc2)cc1)C(F)F. The summed E-state index contributed by atoms with van der Waals surface area (Å²) >= 11 is 0. The van der Waals surface area contributed by atoms with Crippen LogP contribution in [-0.4, -0.2) is 13.0 Å². The second kappa shape index (κ2) is 5.74. The third-order valence-corrected chi connectivity index (χ3v) is 3.00. The van der Waals surface area contributed by atoms with Crippen LogP contribution in [0.25, 0.3) is 11.1 Å². The van der Waals surface area contributed by atoms with Gasteiger partial charge in [0.05, 0.1) is 5.92 Å². The number of hydrogen-bond acceptors (Lipinski definition) is 1. The minimum Gasteiger partial charge on any atom is -0.330 e. The Labute approximate surface area is 105 Å². The molecular weight excluding hydrogens is 232 g/mol. The molecule has 0 saturated carbocycles. The van der Waals surface area contributed by atoms with Crippen molar-refractivity contribution in [3.05, 3.63) is 60.2 Å². The second-order valence-electron chi connectivity index (χ2n) is 4.16. The zero-order valence-corrected chi connectivity index (χ0v) is 9.89. The standard InChI is InChI=1S/C15H15F2N/c16-15(17)14(10-18)13-8-6-12(7-9-13)11-4-2-1-3-5-11/h1-9,14-15H,10,18H2. The minimum atomic E-state index is -2.42. The molecule has 2 aromatic carbocycles. The van der Waals surface area contributed by atoms with Gasteiger partial charge in [0, 0.05) is 6.54 Å². The normalized spacial score (nSPS) is 12.7. The number of rotatable bonds is 4. The molecule has 0 amide bonds. The number of alkyl halides is 2. The van der Waals surface area contributed by atoms with Crippen molar-refractivity contribution in [1.29, 1.82) is 0 Å². The highest BCUT2D eigenvalue weighted by atomic mass is 19.3. The van der Waals surface area contributed by atoms with Gasteiger partial charge in [0.15, 0.2) is 0 Å². The first-order valence-electron chi connectivity index (χ1n) is 5.86. The molecule has 0 fully saturated rings. The van der Waals surface area contributed by atoms with E-state index in [-0.39, 0.29) is 6.54 Å². The summed E-state index contributed by atoms with van der Waals surface area (Å²) in [4.78, 5) is 0. The van der Waals surface area contributed by atoms with E-state index in [1.165, 1.54) is 0 Å². The fourth-order valence-corrected chi connectivity index (χ4v) is 1.94. The predicted molar refractivity (Wildman–Crippen MR) is 69.7 cm³/mol. The van der Waals surface area contributed by atoms with E-state index in [4.69, 9.17) is 5.73 Å². The lowest BCUT2D eigenvalue weighted by atomic mass is 9.96. The van der Waals surface area contributed by atoms with E-state index in [9.17, 15) is 8.78 Å². The average Bonchev–Trinajstić information content (AvgIpc) is 2.41. The van der Waals surface area contributed by atoms with Crippen molar-refractivity contribution in [1.82, 2.24) is 0 Å². The lowest BCUT2D eigenvalue weighted by molar-refractivity contribution is 0.117. The van der Waals surface area contributed by atoms with E-state index in [1.807, 2.05) is 42.5 Å². The fourth-order valence-electron chi connectivity index (χ4n) is 1.94. The van der Waals surface area contributed by atoms with Crippen molar-refractivity contribution in [2.75, 3.05) is 6.54 Å². The topological polar surface area (TPSA) is 26.0 Å². The molecule has 0 saturated heterocycles. The van der Waals surface area contributed by atoms with Crippen LogP contribution in [-0.2, 0) is 0 Å². The molecule has 0 spiro atoms. The van der Waals surface area contributed by atoms with Crippen LogP contribution >= 0.6 is 0 Å². The third-order valence-electron chi connectivity index (χ3n) is 3.00. The molecule has 2 rings (SSSR count). The van der Waals surface area contributed by atoms with Gasteiger partial charge in [-0.15, -0.1) is 0 Å². The molecule has 2 aromatic rings. The van der Waals surface area contributed by atoms with Crippen molar-refractivity contribution in [3.63, 3.8) is 0 Å². The van der Waals surface area contributed by atoms with Crippen LogP contribution in [0.5, 0.6) is 0 Å². The first-order chi connectivity index (χ1) is 8.72. The molecule has 1 unspecified atom stereocenters. The highest BCUT2D eigenvalue weighted by Crippen LogP contribution is 2.25. The van der Waals surface area contributed by atoms with Gasteiger partial charge in [0.25, 0.3) is 0 Å². The molecule has 1 atom stereocenters. The van der Waals surface area contributed by atoms with E-state index >= 15 is 0 Å². The predicted octanol–water partition coefficient (Wildman–Crippen LogP) is 3.66. The molecule has 0 aliphatic rings. The molecule has 0 bridgehead atoms. The van der Waals surface area contributed by atoms with Crippen LogP contribution < -0.4 is 5.73 Å². The van der Waals surface area contributed by atoms with Crippen molar-refractivity contribution in [2.45, 2.75) is 12.3 Å². The molecule has 0 radical (unpaired) electrons. The highest BCUT2D eigenvalue weighted by molar-refractivity contribution is 5.63. The first-order valence-corrected chi connectivity index (χ1v) is 5.86. The summed E-state index contributed by atoms with van der Waals surface area (Å²) in [5.74, 6) is -0.880. The van der Waals surface area contributed by atoms with Crippen LogP contribution in [0.2, 0.25) is 0 Å². The van der Waals surface area contributed by atoms with Gasteiger partial charge < -0.3 is 5.73 Å². The molecule has 94 valence electrons. The van der Waals surface area contributed by atoms with E-state index in [0.29, 0.717) is 5.56 Å². The number of halogens is 2. The largest absolute Gasteiger partial charge is 0.330 e. The maximum Gasteiger partial charge on any atom is 0.246 e. The van der Waals surface area contributed by atoms with Gasteiger partial charge in [0.1, 0.15) is 0 Å². The molecule has 2 N–H and O–H groups in total. The third kappa shape index (κ3) is 2.74. The number of benzene rings is 2. The summed E-state index contributed by atoms with van der Waals surface area (Å²) in [5, 5.41) is 0. The Hall–Kier alpha value is -1.74. The molecule has 0 aliphatic carbocycles. The Morgan fingerprint density at radius 1 is 0.833 bits per heavy atom. The smallest absolute Gasteiger partial charge is 0.246 e. The zero-order chi connectivity index (χ0) is 13.0. The molecule has 1 nitrogen and oxygen atoms in total. The van der Waals surface area contributed by atoms with Crippen LogP contribution in [0.15, 0.2) is 54.6 Å². The monoisotopic (exact) mass is 247 g/mol. The molecule has 0 aliphatic heterocycles. The molecule has 0 heterocycles. The molecular formula is C15H15F2N. The van der Waals surface area contributed by atoms with Crippen LogP contribution in [0, 0.1) is 0 Å². The first kappa shape index (κ1) is 12.7. The van der Waals surface area contributed by atoms with Gasteiger partial charge in [-0.05, 0) is 16.7 Å². The van der Waals surface area contributed by atoms with Gasteiger partial charge in [-0.2, -0.15) is 0 Å². The summed E-state index contributed by atoms with van der Waals surface area (Å²) < 4.78 is 25.5. The van der Waals surface area contributed by atoms with Crippen LogP contribution in [0.4, 0.5) is 8.78 Å². The van der Waals surface area contributed by atoms with Crippen molar-refractivity contribution in [3.8, 4) is 11.1 Å². The van der Waals surface area contributed by atoms with Gasteiger partial charge in [-0.3, -0.25) is 0 Å². The fraction of sp³-hybridized carbons (Fsp3) is 0.200. The van der Waals surface area contributed by atoms with E-state index in [0.717, 1.165) is 11.1 Å². The lowest BCUT2D eigenvalue weighted by Gasteiger charge is -2.14. The minimum absolute atomic E-state index is 0.0393. The zero-order valence-electron chi connectivity index (χ0n) is 9.89. The molecule has 0 aromatic heterocycles. The number of hydrogen-bond donors (Lipinski definition) is 1. The van der Waals surface area contributed by atoms with E-state index < -0.39 is 12.3 Å². The van der Waals surface area contributed by atoms with Gasteiger partial charge in [0.2, 0.25) is 6.43 Å². The maximum atomic E-state index is 12.7. The average molecular weight is 247 g/mol. The molecule has 18 heavy (non-hydrogen) atoms. The summed E-state index contributed by atoms with van der Waals surface area (Å²) in [7, 11) is 0. The van der Waals surface area contributed by atoms with E-state index in [2.05, 4.69) is 0 Å². The Morgan fingerprint density at radius 2 is 1.39 bits per heavy atom. The van der Waals surface area contributed by atoms with Crippen molar-refractivity contribution >= 4 is 0 Å². The summed E-state index contributed by atoms with van der Waals surface area (Å²) in [6, 6.07) is 17.0. The summed E-state index contributed by atoms with van der Waals surface area (Å²) in [6.07, 6.45) is -2.42. The van der Waals surface area contributed by atoms with Gasteiger partial charge in [-0.1, -0.05) is 54.6 Å². The lowest BCUT2D eigenvalue weighted by Crippen LogP contribution is -2.19. The maximum absolute atomic E-state index is 12.7. The van der Waals surface area contributed by atoms with E-state index in [1.54, 1.807) is 12.1 Å². The highest BCUT2D eigenvalue weighted by Gasteiger charge is 2.20. The van der Waals surface area contributed by atoms with Gasteiger partial charge >= 0.3 is 0 Å². The Kier molecular flexibility index (Phi) is 4.05. The van der Waals surface area contributed by atoms with Gasteiger partial charge in [-0.25, -0.2) is 8.78 Å². The Morgan fingerprint density at radius 3 is 1.89 bits per heavy atom. The Bertz CT molecular complexity index is 480. The van der Waals surface area contributed by atoms with Crippen LogP contribution in [0.3, 0.4) is 0 Å². The van der Waals surface area contributed by atoms with Crippen LogP contribution in [0.1, 0.15) is 11.5 Å².